The highest BCUT2D eigenvalue weighted by Crippen LogP contribution is 2.38. The minimum absolute atomic E-state index is 0.276. The van der Waals surface area contributed by atoms with Crippen LogP contribution in [0.5, 0.6) is 5.75 Å². The Morgan fingerprint density at radius 3 is 2.89 bits per heavy atom. The number of pyridine rings is 1. The molecule has 0 bridgehead atoms. The van der Waals surface area contributed by atoms with Crippen LogP contribution in [-0.4, -0.2) is 10.1 Å². The molecular weight excluding hydrogens is 266 g/mol. The SMILES string of the molecule is Cc1cc(Cl)cc(-c2ccnc3sccc23)c1O. The van der Waals surface area contributed by atoms with E-state index in [1.165, 1.54) is 0 Å². The maximum absolute atomic E-state index is 10.2. The Morgan fingerprint density at radius 2 is 2.06 bits per heavy atom. The number of hydrogen-bond donors (Lipinski definition) is 1. The second-order valence-corrected chi connectivity index (χ2v) is 5.45. The first kappa shape index (κ1) is 11.5. The number of benzene rings is 1. The van der Waals surface area contributed by atoms with Gasteiger partial charge in [0.25, 0.3) is 0 Å². The van der Waals surface area contributed by atoms with Crippen LogP contribution in [0.25, 0.3) is 21.3 Å². The van der Waals surface area contributed by atoms with E-state index in [4.69, 9.17) is 11.6 Å². The first-order valence-electron chi connectivity index (χ1n) is 5.48. The minimum Gasteiger partial charge on any atom is -0.507 e. The van der Waals surface area contributed by atoms with E-state index in [1.54, 1.807) is 29.7 Å². The van der Waals surface area contributed by atoms with Crippen molar-refractivity contribution in [2.24, 2.45) is 0 Å². The van der Waals surface area contributed by atoms with Crippen LogP contribution in [0.2, 0.25) is 5.02 Å². The molecule has 3 aromatic rings. The van der Waals surface area contributed by atoms with Crippen molar-refractivity contribution in [2.75, 3.05) is 0 Å². The third-order valence-corrected chi connectivity index (χ3v) is 3.96. The van der Waals surface area contributed by atoms with E-state index in [2.05, 4.69) is 4.98 Å². The second kappa shape index (κ2) is 4.26. The molecule has 0 atom stereocenters. The molecule has 0 unspecified atom stereocenters. The molecule has 1 N–H and O–H groups in total. The van der Waals surface area contributed by atoms with Crippen LogP contribution in [-0.2, 0) is 0 Å². The zero-order valence-electron chi connectivity index (χ0n) is 9.64. The lowest BCUT2D eigenvalue weighted by Crippen LogP contribution is -1.85. The number of phenolic OH excluding ortho intramolecular Hbond substituents is 1. The average Bonchev–Trinajstić information content (AvgIpc) is 2.81. The summed E-state index contributed by atoms with van der Waals surface area (Å²) in [6.07, 6.45) is 1.75. The van der Waals surface area contributed by atoms with Crippen molar-refractivity contribution in [2.45, 2.75) is 6.92 Å². The average molecular weight is 276 g/mol. The van der Waals surface area contributed by atoms with Gasteiger partial charge in [0.15, 0.2) is 0 Å². The number of thiophene rings is 1. The van der Waals surface area contributed by atoms with E-state index in [-0.39, 0.29) is 5.75 Å². The Bertz CT molecular complexity index is 736. The van der Waals surface area contributed by atoms with Crippen LogP contribution in [0.3, 0.4) is 0 Å². The van der Waals surface area contributed by atoms with Gasteiger partial charge in [-0.15, -0.1) is 11.3 Å². The van der Waals surface area contributed by atoms with Crippen molar-refractivity contribution in [1.82, 2.24) is 4.98 Å². The Hall–Kier alpha value is -1.58. The van der Waals surface area contributed by atoms with E-state index in [0.29, 0.717) is 5.02 Å². The molecule has 0 amide bonds. The summed E-state index contributed by atoms with van der Waals surface area (Å²) in [4.78, 5) is 5.27. The molecule has 0 radical (unpaired) electrons. The van der Waals surface area contributed by atoms with E-state index >= 15 is 0 Å². The zero-order valence-corrected chi connectivity index (χ0v) is 11.2. The number of aromatic hydroxyl groups is 1. The third kappa shape index (κ3) is 1.76. The fraction of sp³-hybridized carbons (Fsp3) is 0.0714. The first-order chi connectivity index (χ1) is 8.66. The van der Waals surface area contributed by atoms with E-state index in [9.17, 15) is 5.11 Å². The predicted octanol–water partition coefficient (Wildman–Crippen LogP) is 4.63. The smallest absolute Gasteiger partial charge is 0.126 e. The number of aryl methyl sites for hydroxylation is 1. The molecule has 0 saturated carbocycles. The molecule has 2 aromatic heterocycles. The molecule has 2 nitrogen and oxygen atoms in total. The molecule has 0 aliphatic carbocycles. The zero-order chi connectivity index (χ0) is 12.7. The number of aromatic nitrogens is 1. The van der Waals surface area contributed by atoms with Gasteiger partial charge in [-0.25, -0.2) is 4.98 Å². The van der Waals surface area contributed by atoms with Crippen LogP contribution >= 0.6 is 22.9 Å². The summed E-state index contributed by atoms with van der Waals surface area (Å²) in [6.45, 7) is 1.84. The first-order valence-corrected chi connectivity index (χ1v) is 6.74. The molecular formula is C14H10ClNOS. The summed E-state index contributed by atoms with van der Waals surface area (Å²) >= 11 is 7.66. The van der Waals surface area contributed by atoms with Gasteiger partial charge in [-0.2, -0.15) is 0 Å². The fourth-order valence-corrected chi connectivity index (χ4v) is 3.08. The van der Waals surface area contributed by atoms with E-state index < -0.39 is 0 Å². The molecule has 18 heavy (non-hydrogen) atoms. The van der Waals surface area contributed by atoms with Crippen molar-refractivity contribution in [3.05, 3.63) is 46.4 Å². The number of phenols is 1. The lowest BCUT2D eigenvalue weighted by molar-refractivity contribution is 0.473. The predicted molar refractivity (Wildman–Crippen MR) is 76.5 cm³/mol. The highest BCUT2D eigenvalue weighted by atomic mass is 35.5. The van der Waals surface area contributed by atoms with Gasteiger partial charge in [-0.3, -0.25) is 0 Å². The van der Waals surface area contributed by atoms with Gasteiger partial charge >= 0.3 is 0 Å². The number of fused-ring (bicyclic) bond motifs is 1. The molecule has 1 aromatic carbocycles. The minimum atomic E-state index is 0.276. The van der Waals surface area contributed by atoms with Crippen molar-refractivity contribution in [3.63, 3.8) is 0 Å². The molecule has 0 spiro atoms. The van der Waals surface area contributed by atoms with Crippen LogP contribution in [0, 0.1) is 6.92 Å². The molecule has 4 heteroatoms. The quantitative estimate of drug-likeness (QED) is 0.702. The van der Waals surface area contributed by atoms with Crippen molar-refractivity contribution in [3.8, 4) is 16.9 Å². The van der Waals surface area contributed by atoms with Crippen LogP contribution in [0.4, 0.5) is 0 Å². The number of halogens is 1. The molecule has 90 valence electrons. The van der Waals surface area contributed by atoms with Gasteiger partial charge < -0.3 is 5.11 Å². The largest absolute Gasteiger partial charge is 0.507 e. The van der Waals surface area contributed by atoms with Crippen molar-refractivity contribution in [1.29, 1.82) is 0 Å². The van der Waals surface area contributed by atoms with E-state index in [1.807, 2.05) is 24.4 Å². The fourth-order valence-electron chi connectivity index (χ4n) is 2.05. The maximum Gasteiger partial charge on any atom is 0.126 e. The highest BCUT2D eigenvalue weighted by molar-refractivity contribution is 7.16. The Kier molecular flexibility index (Phi) is 2.73. The van der Waals surface area contributed by atoms with Gasteiger partial charge in [0.05, 0.1) is 0 Å². The summed E-state index contributed by atoms with van der Waals surface area (Å²) in [6, 6.07) is 7.46. The standard InChI is InChI=1S/C14H10ClNOS/c1-8-6-9(15)7-12(13(8)17)10-2-4-16-14-11(10)3-5-18-14/h2-7,17H,1H3. The van der Waals surface area contributed by atoms with Gasteiger partial charge in [0, 0.05) is 22.2 Å². The molecule has 0 fully saturated rings. The van der Waals surface area contributed by atoms with Gasteiger partial charge in [-0.1, -0.05) is 11.6 Å². The lowest BCUT2D eigenvalue weighted by atomic mass is 10.0. The second-order valence-electron chi connectivity index (χ2n) is 4.12. The summed E-state index contributed by atoms with van der Waals surface area (Å²) in [5.41, 5.74) is 2.49. The van der Waals surface area contributed by atoms with Crippen molar-refractivity contribution >= 4 is 33.2 Å². The summed E-state index contributed by atoms with van der Waals surface area (Å²) in [5, 5.41) is 13.9. The molecule has 0 aliphatic rings. The summed E-state index contributed by atoms with van der Waals surface area (Å²) in [5.74, 6) is 0.276. The normalized spacial score (nSPS) is 11.0. The maximum atomic E-state index is 10.2. The molecule has 3 rings (SSSR count). The lowest BCUT2D eigenvalue weighted by Gasteiger charge is -2.09. The van der Waals surface area contributed by atoms with Gasteiger partial charge in [-0.05, 0) is 47.7 Å². The third-order valence-electron chi connectivity index (χ3n) is 2.92. The Labute approximate surface area is 113 Å². The van der Waals surface area contributed by atoms with Gasteiger partial charge in [0.1, 0.15) is 10.6 Å². The molecule has 2 heterocycles. The number of nitrogens with zero attached hydrogens (tertiary/aromatic N) is 1. The van der Waals surface area contributed by atoms with Crippen LogP contribution in [0.15, 0.2) is 35.8 Å². The molecule has 0 saturated heterocycles. The van der Waals surface area contributed by atoms with Crippen molar-refractivity contribution < 1.29 is 5.11 Å². The number of rotatable bonds is 1. The Balaban J connectivity index is 2.36. The van der Waals surface area contributed by atoms with Gasteiger partial charge in [0.2, 0.25) is 0 Å². The summed E-state index contributed by atoms with van der Waals surface area (Å²) in [7, 11) is 0. The monoisotopic (exact) mass is 275 g/mol. The Morgan fingerprint density at radius 1 is 1.22 bits per heavy atom. The van der Waals surface area contributed by atoms with E-state index in [0.717, 1.165) is 26.9 Å². The number of hydrogen-bond acceptors (Lipinski definition) is 3. The van der Waals surface area contributed by atoms with Crippen LogP contribution < -0.4 is 0 Å². The van der Waals surface area contributed by atoms with Crippen LogP contribution in [0.1, 0.15) is 5.56 Å². The highest BCUT2D eigenvalue weighted by Gasteiger charge is 2.12. The topological polar surface area (TPSA) is 33.1 Å². The molecule has 0 aliphatic heterocycles. The summed E-state index contributed by atoms with van der Waals surface area (Å²) < 4.78 is 0.